The van der Waals surface area contributed by atoms with Crippen LogP contribution >= 0.6 is 38.5 Å². The largest absolute Gasteiger partial charge is 0.310 e. The van der Waals surface area contributed by atoms with Gasteiger partial charge in [-0.2, -0.15) is 0 Å². The second-order valence-electron chi connectivity index (χ2n) is 5.00. The Morgan fingerprint density at radius 3 is 2.57 bits per heavy atom. The molecule has 1 unspecified atom stereocenters. The van der Waals surface area contributed by atoms with Crippen LogP contribution in [0, 0.1) is 9.39 Å². The molecule has 0 bridgehead atoms. The van der Waals surface area contributed by atoms with Crippen molar-refractivity contribution in [1.29, 1.82) is 0 Å². The van der Waals surface area contributed by atoms with E-state index < -0.39 is 0 Å². The second kappa shape index (κ2) is 8.25. The molecular weight excluding hydrogens is 444 g/mol. The normalized spacial score (nSPS) is 12.4. The van der Waals surface area contributed by atoms with Crippen molar-refractivity contribution < 1.29 is 4.39 Å². The average molecular weight is 462 g/mol. The molecule has 1 atom stereocenters. The Labute approximate surface area is 147 Å². The average Bonchev–Trinajstić information content (AvgIpc) is 2.48. The second-order valence-corrected chi connectivity index (χ2v) is 7.08. The molecule has 2 rings (SSSR count). The smallest absolute Gasteiger partial charge is 0.123 e. The van der Waals surface area contributed by atoms with E-state index in [9.17, 15) is 4.39 Å². The van der Waals surface area contributed by atoms with Gasteiger partial charge in [-0.25, -0.2) is 4.39 Å². The lowest BCUT2D eigenvalue weighted by atomic mass is 9.98. The minimum Gasteiger partial charge on any atom is -0.310 e. The van der Waals surface area contributed by atoms with E-state index in [-0.39, 0.29) is 11.9 Å². The zero-order valence-corrected chi connectivity index (χ0v) is 15.6. The molecule has 0 saturated heterocycles. The van der Waals surface area contributed by atoms with Crippen molar-refractivity contribution in [1.82, 2.24) is 5.32 Å². The summed E-state index contributed by atoms with van der Waals surface area (Å²) in [6, 6.07) is 13.3. The summed E-state index contributed by atoms with van der Waals surface area (Å²) in [5.74, 6) is -0.186. The van der Waals surface area contributed by atoms with Gasteiger partial charge in [-0.05, 0) is 83.4 Å². The van der Waals surface area contributed by atoms with Crippen LogP contribution < -0.4 is 5.32 Å². The fraction of sp³-hybridized carbons (Fsp3) is 0.294. The topological polar surface area (TPSA) is 12.0 Å². The molecular formula is C17H18BrFIN. The molecule has 0 aliphatic rings. The fourth-order valence-corrected chi connectivity index (χ4v) is 3.34. The lowest BCUT2D eigenvalue weighted by molar-refractivity contribution is 0.526. The number of rotatable bonds is 6. The Bertz CT molecular complexity index is 586. The van der Waals surface area contributed by atoms with Crippen molar-refractivity contribution in [3.05, 3.63) is 67.5 Å². The monoisotopic (exact) mass is 461 g/mol. The highest BCUT2D eigenvalue weighted by Gasteiger charge is 2.15. The van der Waals surface area contributed by atoms with Gasteiger partial charge in [0.2, 0.25) is 0 Å². The molecule has 0 fully saturated rings. The van der Waals surface area contributed by atoms with Gasteiger partial charge in [-0.15, -0.1) is 0 Å². The first kappa shape index (κ1) is 16.9. The van der Waals surface area contributed by atoms with Gasteiger partial charge in [-0.3, -0.25) is 0 Å². The molecule has 1 N–H and O–H groups in total. The van der Waals surface area contributed by atoms with Gasteiger partial charge in [0.05, 0.1) is 0 Å². The Hall–Kier alpha value is -0.460. The SMILES string of the molecule is CCCNC(Cc1ccc(F)cc1)c1cc(Br)ccc1I. The molecule has 0 saturated carbocycles. The number of benzene rings is 2. The highest BCUT2D eigenvalue weighted by Crippen LogP contribution is 2.27. The van der Waals surface area contributed by atoms with Gasteiger partial charge in [0.25, 0.3) is 0 Å². The van der Waals surface area contributed by atoms with Crippen molar-refractivity contribution in [3.8, 4) is 0 Å². The minimum atomic E-state index is -0.186. The van der Waals surface area contributed by atoms with Crippen molar-refractivity contribution >= 4 is 38.5 Å². The summed E-state index contributed by atoms with van der Waals surface area (Å²) < 4.78 is 15.4. The van der Waals surface area contributed by atoms with E-state index in [1.54, 1.807) is 0 Å². The van der Waals surface area contributed by atoms with Crippen molar-refractivity contribution in [2.45, 2.75) is 25.8 Å². The van der Waals surface area contributed by atoms with Gasteiger partial charge in [-0.1, -0.05) is 35.0 Å². The van der Waals surface area contributed by atoms with Crippen LogP contribution in [0.25, 0.3) is 0 Å². The fourth-order valence-electron chi connectivity index (χ4n) is 2.25. The number of nitrogens with one attached hydrogen (secondary N) is 1. The van der Waals surface area contributed by atoms with Gasteiger partial charge < -0.3 is 5.32 Å². The third-order valence-electron chi connectivity index (χ3n) is 3.33. The maximum atomic E-state index is 13.0. The summed E-state index contributed by atoms with van der Waals surface area (Å²) in [6.45, 7) is 3.13. The van der Waals surface area contributed by atoms with Crippen LogP contribution in [0.15, 0.2) is 46.9 Å². The Balaban J connectivity index is 2.25. The van der Waals surface area contributed by atoms with Gasteiger partial charge in [0, 0.05) is 14.1 Å². The van der Waals surface area contributed by atoms with Crippen LogP contribution in [0.1, 0.15) is 30.5 Å². The van der Waals surface area contributed by atoms with Crippen LogP contribution in [0.5, 0.6) is 0 Å². The summed E-state index contributed by atoms with van der Waals surface area (Å²) in [5, 5.41) is 3.60. The molecule has 1 nitrogen and oxygen atoms in total. The van der Waals surface area contributed by atoms with E-state index in [4.69, 9.17) is 0 Å². The lowest BCUT2D eigenvalue weighted by Crippen LogP contribution is -2.25. The predicted octanol–water partition coefficient (Wildman–Crippen LogP) is 5.48. The molecule has 0 heterocycles. The minimum absolute atomic E-state index is 0.186. The number of hydrogen-bond acceptors (Lipinski definition) is 1. The first-order valence-electron chi connectivity index (χ1n) is 7.03. The predicted molar refractivity (Wildman–Crippen MR) is 98.0 cm³/mol. The van der Waals surface area contributed by atoms with Gasteiger partial charge in [0.15, 0.2) is 0 Å². The molecule has 0 amide bonds. The standard InChI is InChI=1S/C17H18BrFIN/c1-2-9-21-17(10-12-3-6-14(19)7-4-12)15-11-13(18)5-8-16(15)20/h3-8,11,17,21H,2,9-10H2,1H3. The van der Waals surface area contributed by atoms with Crippen LogP contribution in [-0.2, 0) is 6.42 Å². The highest BCUT2D eigenvalue weighted by molar-refractivity contribution is 14.1. The molecule has 21 heavy (non-hydrogen) atoms. The van der Waals surface area contributed by atoms with Crippen molar-refractivity contribution in [2.24, 2.45) is 0 Å². The Kier molecular flexibility index (Phi) is 6.64. The third-order valence-corrected chi connectivity index (χ3v) is 4.80. The molecule has 0 spiro atoms. The molecule has 2 aromatic rings. The number of halogens is 3. The molecule has 0 aliphatic carbocycles. The molecule has 112 valence electrons. The zero-order valence-electron chi connectivity index (χ0n) is 11.9. The third kappa shape index (κ3) is 5.04. The van der Waals surface area contributed by atoms with Crippen molar-refractivity contribution in [3.63, 3.8) is 0 Å². The van der Waals surface area contributed by atoms with E-state index in [1.165, 1.54) is 21.3 Å². The van der Waals surface area contributed by atoms with Gasteiger partial charge in [0.1, 0.15) is 5.82 Å². The van der Waals surface area contributed by atoms with E-state index >= 15 is 0 Å². The maximum absolute atomic E-state index is 13.0. The zero-order chi connectivity index (χ0) is 15.2. The summed E-state index contributed by atoms with van der Waals surface area (Å²) in [6.07, 6.45) is 1.94. The molecule has 2 aromatic carbocycles. The van der Waals surface area contributed by atoms with Crippen LogP contribution in [0.3, 0.4) is 0 Å². The summed E-state index contributed by atoms with van der Waals surface area (Å²) in [4.78, 5) is 0. The molecule has 0 aromatic heterocycles. The summed E-state index contributed by atoms with van der Waals surface area (Å²) >= 11 is 5.92. The molecule has 4 heteroatoms. The first-order valence-corrected chi connectivity index (χ1v) is 8.90. The van der Waals surface area contributed by atoms with Crippen molar-refractivity contribution in [2.75, 3.05) is 6.54 Å². The van der Waals surface area contributed by atoms with E-state index in [1.807, 2.05) is 12.1 Å². The van der Waals surface area contributed by atoms with E-state index in [0.717, 1.165) is 29.4 Å². The van der Waals surface area contributed by atoms with Gasteiger partial charge >= 0.3 is 0 Å². The van der Waals surface area contributed by atoms with Crippen LogP contribution in [0.4, 0.5) is 4.39 Å². The van der Waals surface area contributed by atoms with Crippen LogP contribution in [0.2, 0.25) is 0 Å². The Morgan fingerprint density at radius 2 is 1.90 bits per heavy atom. The highest BCUT2D eigenvalue weighted by atomic mass is 127. The molecule has 0 radical (unpaired) electrons. The lowest BCUT2D eigenvalue weighted by Gasteiger charge is -2.21. The summed E-state index contributed by atoms with van der Waals surface area (Å²) in [7, 11) is 0. The number of hydrogen-bond donors (Lipinski definition) is 1. The quantitative estimate of drug-likeness (QED) is 0.562. The molecule has 0 aliphatic heterocycles. The first-order chi connectivity index (χ1) is 10.1. The van der Waals surface area contributed by atoms with E-state index in [0.29, 0.717) is 0 Å². The van der Waals surface area contributed by atoms with E-state index in [2.05, 4.69) is 69.0 Å². The summed E-state index contributed by atoms with van der Waals surface area (Å²) in [5.41, 5.74) is 2.42. The Morgan fingerprint density at radius 1 is 1.19 bits per heavy atom. The van der Waals surface area contributed by atoms with Crippen LogP contribution in [-0.4, -0.2) is 6.54 Å². The maximum Gasteiger partial charge on any atom is 0.123 e.